The highest BCUT2D eigenvalue weighted by atomic mass is 16.4. The van der Waals surface area contributed by atoms with Crippen LogP contribution in [0.2, 0.25) is 0 Å². The summed E-state index contributed by atoms with van der Waals surface area (Å²) in [5, 5.41) is 9.06. The molecule has 0 saturated carbocycles. The normalized spacial score (nSPS) is 39.3. The molecular weight excluding hydrogens is 166 g/mol. The molecule has 3 nitrogen and oxygen atoms in total. The number of carbonyl (C=O) groups is 1. The quantitative estimate of drug-likeness (QED) is 0.672. The lowest BCUT2D eigenvalue weighted by Crippen LogP contribution is -2.38. The molecule has 0 radical (unpaired) electrons. The van der Waals surface area contributed by atoms with Gasteiger partial charge in [-0.1, -0.05) is 20.8 Å². The van der Waals surface area contributed by atoms with Crippen LogP contribution in [0.1, 0.15) is 27.7 Å². The predicted molar refractivity (Wildman–Crippen MR) is 51.6 cm³/mol. The summed E-state index contributed by atoms with van der Waals surface area (Å²) >= 11 is 0. The molecule has 0 aromatic rings. The minimum Gasteiger partial charge on any atom is -0.480 e. The molecule has 1 N–H and O–H groups in total. The van der Waals surface area contributed by atoms with E-state index in [4.69, 9.17) is 5.11 Å². The molecule has 13 heavy (non-hydrogen) atoms. The summed E-state index contributed by atoms with van der Waals surface area (Å²) in [5.74, 6) is -0.502. The third-order valence-corrected chi connectivity index (χ3v) is 4.03. The molecule has 1 heterocycles. The molecule has 3 unspecified atom stereocenters. The Bertz CT molecular complexity index is 225. The van der Waals surface area contributed by atoms with Crippen LogP contribution in [0.25, 0.3) is 0 Å². The maximum atomic E-state index is 11.0. The first kappa shape index (κ1) is 10.5. The molecule has 1 saturated heterocycles. The molecule has 0 bridgehead atoms. The molecule has 1 aliphatic heterocycles. The standard InChI is InChI=1S/C10H19NO2/c1-6-8(9(12)13)11(5)7(2)10(6,3)4/h6-8H,1-5H3,(H,12,13). The maximum Gasteiger partial charge on any atom is 0.321 e. The lowest BCUT2D eigenvalue weighted by atomic mass is 9.76. The van der Waals surface area contributed by atoms with E-state index in [9.17, 15) is 4.79 Å². The van der Waals surface area contributed by atoms with Crippen molar-refractivity contribution in [1.82, 2.24) is 4.90 Å². The zero-order valence-corrected chi connectivity index (χ0v) is 9.03. The van der Waals surface area contributed by atoms with E-state index in [1.165, 1.54) is 0 Å². The number of rotatable bonds is 1. The lowest BCUT2D eigenvalue weighted by molar-refractivity contribution is -0.143. The SMILES string of the molecule is CC1C(C(=O)O)N(C)C(C)C1(C)C. The molecule has 76 valence electrons. The summed E-state index contributed by atoms with van der Waals surface area (Å²) in [6.45, 7) is 8.40. The van der Waals surface area contributed by atoms with Gasteiger partial charge in [0.25, 0.3) is 0 Å². The van der Waals surface area contributed by atoms with Crippen molar-refractivity contribution in [2.24, 2.45) is 11.3 Å². The Morgan fingerprint density at radius 2 is 1.85 bits per heavy atom. The van der Waals surface area contributed by atoms with E-state index in [0.29, 0.717) is 6.04 Å². The summed E-state index contributed by atoms with van der Waals surface area (Å²) in [5.41, 5.74) is 0.0812. The summed E-state index contributed by atoms with van der Waals surface area (Å²) < 4.78 is 0. The lowest BCUT2D eigenvalue weighted by Gasteiger charge is -2.29. The molecule has 0 aromatic carbocycles. The Morgan fingerprint density at radius 3 is 2.00 bits per heavy atom. The van der Waals surface area contributed by atoms with Gasteiger partial charge in [0.15, 0.2) is 0 Å². The van der Waals surface area contributed by atoms with Crippen molar-refractivity contribution in [3.05, 3.63) is 0 Å². The predicted octanol–water partition coefficient (Wildman–Crippen LogP) is 1.44. The van der Waals surface area contributed by atoms with Crippen LogP contribution in [0.3, 0.4) is 0 Å². The van der Waals surface area contributed by atoms with E-state index in [1.54, 1.807) is 0 Å². The summed E-state index contributed by atoms with van der Waals surface area (Å²) in [6, 6.07) is -0.00593. The van der Waals surface area contributed by atoms with Crippen LogP contribution in [0.4, 0.5) is 0 Å². The van der Waals surface area contributed by atoms with Gasteiger partial charge in [0.05, 0.1) is 0 Å². The number of likely N-dealkylation sites (N-methyl/N-ethyl adjacent to an activating group) is 1. The molecule has 1 rings (SSSR count). The van der Waals surface area contributed by atoms with Crippen molar-refractivity contribution < 1.29 is 9.90 Å². The first-order valence-electron chi connectivity index (χ1n) is 4.75. The fraction of sp³-hybridized carbons (Fsp3) is 0.900. The monoisotopic (exact) mass is 185 g/mol. The van der Waals surface area contributed by atoms with Crippen LogP contribution in [-0.4, -0.2) is 35.1 Å². The van der Waals surface area contributed by atoms with Crippen LogP contribution in [0.15, 0.2) is 0 Å². The van der Waals surface area contributed by atoms with Gasteiger partial charge in [-0.2, -0.15) is 0 Å². The van der Waals surface area contributed by atoms with E-state index in [-0.39, 0.29) is 17.4 Å². The topological polar surface area (TPSA) is 40.5 Å². The largest absolute Gasteiger partial charge is 0.480 e. The number of hydrogen-bond donors (Lipinski definition) is 1. The number of hydrogen-bond acceptors (Lipinski definition) is 2. The number of aliphatic carboxylic acids is 1. The maximum absolute atomic E-state index is 11.0. The van der Waals surface area contributed by atoms with E-state index < -0.39 is 5.97 Å². The van der Waals surface area contributed by atoms with Gasteiger partial charge in [-0.15, -0.1) is 0 Å². The fourth-order valence-corrected chi connectivity index (χ4v) is 2.29. The van der Waals surface area contributed by atoms with E-state index >= 15 is 0 Å². The molecule has 0 amide bonds. The molecule has 1 aliphatic rings. The second-order valence-electron chi connectivity index (χ2n) is 4.73. The van der Waals surface area contributed by atoms with Gasteiger partial charge in [-0.05, 0) is 25.3 Å². The van der Waals surface area contributed by atoms with Gasteiger partial charge in [0.1, 0.15) is 6.04 Å². The fourth-order valence-electron chi connectivity index (χ4n) is 2.29. The highest BCUT2D eigenvalue weighted by Gasteiger charge is 2.50. The number of carboxylic acid groups (broad SMARTS) is 1. The number of nitrogens with zero attached hydrogens (tertiary/aromatic N) is 1. The minimum atomic E-state index is -0.701. The first-order chi connectivity index (χ1) is 5.80. The smallest absolute Gasteiger partial charge is 0.321 e. The third kappa shape index (κ3) is 1.35. The average Bonchev–Trinajstić information content (AvgIpc) is 2.14. The first-order valence-corrected chi connectivity index (χ1v) is 4.75. The van der Waals surface area contributed by atoms with Crippen LogP contribution in [0.5, 0.6) is 0 Å². The molecular formula is C10H19NO2. The second kappa shape index (κ2) is 2.98. The molecule has 0 spiro atoms. The number of likely N-dealkylation sites (tertiary alicyclic amines) is 1. The van der Waals surface area contributed by atoms with Gasteiger partial charge in [0, 0.05) is 6.04 Å². The van der Waals surface area contributed by atoms with Crippen LogP contribution < -0.4 is 0 Å². The van der Waals surface area contributed by atoms with Crippen molar-refractivity contribution in [2.75, 3.05) is 7.05 Å². The van der Waals surface area contributed by atoms with Gasteiger partial charge >= 0.3 is 5.97 Å². The van der Waals surface area contributed by atoms with Crippen molar-refractivity contribution >= 4 is 5.97 Å². The zero-order valence-electron chi connectivity index (χ0n) is 9.03. The average molecular weight is 185 g/mol. The molecule has 3 heteroatoms. The van der Waals surface area contributed by atoms with Crippen LogP contribution >= 0.6 is 0 Å². The highest BCUT2D eigenvalue weighted by Crippen LogP contribution is 2.43. The molecule has 3 atom stereocenters. The van der Waals surface area contributed by atoms with Crippen molar-refractivity contribution in [2.45, 2.75) is 39.8 Å². The summed E-state index contributed by atoms with van der Waals surface area (Å²) in [6.07, 6.45) is 0. The Balaban J connectivity index is 2.98. The van der Waals surface area contributed by atoms with Crippen molar-refractivity contribution in [1.29, 1.82) is 0 Å². The highest BCUT2D eigenvalue weighted by molar-refractivity contribution is 5.74. The van der Waals surface area contributed by atoms with Crippen LogP contribution in [0, 0.1) is 11.3 Å². The van der Waals surface area contributed by atoms with Crippen LogP contribution in [-0.2, 0) is 4.79 Å². The molecule has 1 fully saturated rings. The summed E-state index contributed by atoms with van der Waals surface area (Å²) in [4.78, 5) is 13.0. The minimum absolute atomic E-state index is 0.0812. The second-order valence-corrected chi connectivity index (χ2v) is 4.73. The van der Waals surface area contributed by atoms with Crippen molar-refractivity contribution in [3.63, 3.8) is 0 Å². The van der Waals surface area contributed by atoms with Gasteiger partial charge < -0.3 is 5.11 Å². The van der Waals surface area contributed by atoms with E-state index in [1.807, 2.05) is 18.9 Å². The summed E-state index contributed by atoms with van der Waals surface area (Å²) in [7, 11) is 1.90. The van der Waals surface area contributed by atoms with Gasteiger partial charge in [-0.25, -0.2) is 0 Å². The van der Waals surface area contributed by atoms with E-state index in [2.05, 4.69) is 20.8 Å². The Kier molecular flexibility index (Phi) is 2.41. The Labute approximate surface area is 79.7 Å². The number of carboxylic acids is 1. The third-order valence-electron chi connectivity index (χ3n) is 4.03. The molecule has 0 aliphatic carbocycles. The Morgan fingerprint density at radius 1 is 1.38 bits per heavy atom. The van der Waals surface area contributed by atoms with Gasteiger partial charge in [-0.3, -0.25) is 9.69 Å². The molecule has 0 aromatic heterocycles. The Hall–Kier alpha value is -0.570. The van der Waals surface area contributed by atoms with Gasteiger partial charge in [0.2, 0.25) is 0 Å². The zero-order chi connectivity index (χ0) is 10.4. The van der Waals surface area contributed by atoms with Crippen molar-refractivity contribution in [3.8, 4) is 0 Å². The van der Waals surface area contributed by atoms with E-state index in [0.717, 1.165) is 0 Å².